The average Bonchev–Trinajstić information content (AvgIpc) is 1.78. The summed E-state index contributed by atoms with van der Waals surface area (Å²) >= 11 is 5.19. The highest BCUT2D eigenvalue weighted by Gasteiger charge is 2.33. The van der Waals surface area contributed by atoms with E-state index in [0.29, 0.717) is 5.92 Å². The predicted octanol–water partition coefficient (Wildman–Crippen LogP) is 3.58. The van der Waals surface area contributed by atoms with E-state index in [1.165, 1.54) is 6.42 Å². The number of carbonyl (C=O) groups is 1. The average molecular weight is 205 g/mol. The van der Waals surface area contributed by atoms with Gasteiger partial charge in [0.15, 0.2) is 0 Å². The molecule has 0 aliphatic heterocycles. The minimum absolute atomic E-state index is 0.0174. The highest BCUT2D eigenvalue weighted by molar-refractivity contribution is 6.61. The molecule has 1 fully saturated rings. The van der Waals surface area contributed by atoms with E-state index in [-0.39, 0.29) is 11.5 Å². The Morgan fingerprint density at radius 2 is 2.08 bits per heavy atom. The van der Waals surface area contributed by atoms with Gasteiger partial charge in [0.2, 0.25) is 0 Å². The molecule has 13 heavy (non-hydrogen) atoms. The van der Waals surface area contributed by atoms with Crippen LogP contribution < -0.4 is 0 Å². The van der Waals surface area contributed by atoms with E-state index >= 15 is 0 Å². The molecule has 1 saturated carbocycles. The molecule has 2 nitrogen and oxygen atoms in total. The summed E-state index contributed by atoms with van der Waals surface area (Å²) in [6.07, 6.45) is 3.09. The third-order valence-electron chi connectivity index (χ3n) is 2.61. The number of halogens is 1. The second kappa shape index (κ2) is 3.87. The lowest BCUT2D eigenvalue weighted by atomic mass is 9.71. The molecule has 0 N–H and O–H groups in total. The lowest BCUT2D eigenvalue weighted by molar-refractivity contribution is 0.0301. The molecule has 76 valence electrons. The molecule has 0 saturated heterocycles. The molecule has 0 aromatic carbocycles. The van der Waals surface area contributed by atoms with Crippen LogP contribution in [0.25, 0.3) is 0 Å². The predicted molar refractivity (Wildman–Crippen MR) is 52.9 cm³/mol. The van der Waals surface area contributed by atoms with Crippen LogP contribution in [0.15, 0.2) is 0 Å². The van der Waals surface area contributed by atoms with E-state index in [0.717, 1.165) is 12.8 Å². The number of hydrogen-bond donors (Lipinski definition) is 0. The summed E-state index contributed by atoms with van der Waals surface area (Å²) in [4.78, 5) is 10.6. The molecule has 0 aromatic rings. The minimum atomic E-state index is -0.671. The van der Waals surface area contributed by atoms with Gasteiger partial charge >= 0.3 is 5.43 Å². The van der Waals surface area contributed by atoms with E-state index < -0.39 is 5.43 Å². The lowest BCUT2D eigenvalue weighted by Gasteiger charge is -2.37. The molecule has 3 heteroatoms. The van der Waals surface area contributed by atoms with Gasteiger partial charge in [-0.1, -0.05) is 20.8 Å². The summed E-state index contributed by atoms with van der Waals surface area (Å²) in [6.45, 7) is 6.60. The van der Waals surface area contributed by atoms with Crippen molar-refractivity contribution >= 4 is 17.0 Å². The standard InChI is InChI=1S/C10H17ClO2/c1-7-4-8(13-9(11)12)6-10(2,3)5-7/h7-8H,4-6H2,1-3H3/t7-,8+/m0/s1. The molecule has 0 spiro atoms. The van der Waals surface area contributed by atoms with Gasteiger partial charge in [0.1, 0.15) is 6.10 Å². The fourth-order valence-electron chi connectivity index (χ4n) is 2.48. The molecule has 0 bridgehead atoms. The summed E-state index contributed by atoms with van der Waals surface area (Å²) in [6, 6.07) is 0. The van der Waals surface area contributed by atoms with Gasteiger partial charge in [0, 0.05) is 11.6 Å². The fraction of sp³-hybridized carbons (Fsp3) is 0.900. The Hall–Kier alpha value is -0.240. The summed E-state index contributed by atoms with van der Waals surface area (Å²) in [5.41, 5.74) is -0.399. The molecule has 1 aliphatic rings. The van der Waals surface area contributed by atoms with Crippen LogP contribution in [0.3, 0.4) is 0 Å². The van der Waals surface area contributed by atoms with Crippen LogP contribution in [0.4, 0.5) is 4.79 Å². The van der Waals surface area contributed by atoms with Gasteiger partial charge in [0.05, 0.1) is 0 Å². The zero-order chi connectivity index (χ0) is 10.1. The van der Waals surface area contributed by atoms with Gasteiger partial charge < -0.3 is 4.74 Å². The van der Waals surface area contributed by atoms with Crippen molar-refractivity contribution in [3.8, 4) is 0 Å². The molecule has 0 heterocycles. The van der Waals surface area contributed by atoms with Crippen LogP contribution >= 0.6 is 11.6 Å². The normalized spacial score (nSPS) is 32.6. The Balaban J connectivity index is 2.52. The third-order valence-corrected chi connectivity index (χ3v) is 2.69. The second-order valence-corrected chi connectivity index (χ2v) is 5.20. The second-order valence-electron chi connectivity index (χ2n) is 4.89. The van der Waals surface area contributed by atoms with Crippen molar-refractivity contribution < 1.29 is 9.53 Å². The fourth-order valence-corrected chi connectivity index (χ4v) is 2.61. The van der Waals surface area contributed by atoms with Crippen LogP contribution in [0, 0.1) is 11.3 Å². The van der Waals surface area contributed by atoms with Crippen molar-refractivity contribution in [1.29, 1.82) is 0 Å². The van der Waals surface area contributed by atoms with Crippen molar-refractivity contribution in [2.45, 2.75) is 46.1 Å². The van der Waals surface area contributed by atoms with Gasteiger partial charge in [-0.3, -0.25) is 0 Å². The maximum absolute atomic E-state index is 10.6. The van der Waals surface area contributed by atoms with E-state index in [4.69, 9.17) is 16.3 Å². The Bertz CT molecular complexity index is 201. The maximum atomic E-state index is 10.6. The van der Waals surface area contributed by atoms with Crippen LogP contribution in [-0.2, 0) is 4.74 Å². The Kier molecular flexibility index (Phi) is 3.23. The van der Waals surface area contributed by atoms with Crippen LogP contribution in [-0.4, -0.2) is 11.5 Å². The summed E-state index contributed by atoms with van der Waals surface area (Å²) in [5, 5.41) is 0. The Morgan fingerprint density at radius 3 is 2.54 bits per heavy atom. The van der Waals surface area contributed by atoms with E-state index in [1.54, 1.807) is 0 Å². The Morgan fingerprint density at radius 1 is 1.46 bits per heavy atom. The molecular formula is C10H17ClO2. The third kappa shape index (κ3) is 3.55. The van der Waals surface area contributed by atoms with Gasteiger partial charge in [-0.2, -0.15) is 0 Å². The van der Waals surface area contributed by atoms with Gasteiger partial charge in [-0.25, -0.2) is 4.79 Å². The first kappa shape index (κ1) is 10.8. The van der Waals surface area contributed by atoms with Gasteiger partial charge in [0.25, 0.3) is 0 Å². The number of ether oxygens (including phenoxy) is 1. The number of hydrogen-bond acceptors (Lipinski definition) is 2. The zero-order valence-electron chi connectivity index (χ0n) is 8.47. The molecule has 1 rings (SSSR count). The smallest absolute Gasteiger partial charge is 0.404 e. The summed E-state index contributed by atoms with van der Waals surface area (Å²) < 4.78 is 5.02. The largest absolute Gasteiger partial charge is 0.450 e. The molecule has 0 amide bonds. The number of rotatable bonds is 1. The van der Waals surface area contributed by atoms with Crippen LogP contribution in [0.5, 0.6) is 0 Å². The van der Waals surface area contributed by atoms with Crippen molar-refractivity contribution in [1.82, 2.24) is 0 Å². The molecular weight excluding hydrogens is 188 g/mol. The first-order chi connectivity index (χ1) is 5.89. The van der Waals surface area contributed by atoms with Crippen molar-refractivity contribution in [3.63, 3.8) is 0 Å². The molecule has 0 radical (unpaired) electrons. The highest BCUT2D eigenvalue weighted by Crippen LogP contribution is 2.39. The summed E-state index contributed by atoms with van der Waals surface area (Å²) in [5.74, 6) is 0.616. The highest BCUT2D eigenvalue weighted by atomic mass is 35.5. The van der Waals surface area contributed by atoms with Crippen LogP contribution in [0.2, 0.25) is 0 Å². The quantitative estimate of drug-likeness (QED) is 0.611. The zero-order valence-corrected chi connectivity index (χ0v) is 9.23. The lowest BCUT2D eigenvalue weighted by Crippen LogP contribution is -2.33. The van der Waals surface area contributed by atoms with E-state index in [9.17, 15) is 4.79 Å². The first-order valence-corrected chi connectivity index (χ1v) is 5.13. The number of carbonyl (C=O) groups excluding carboxylic acids is 1. The van der Waals surface area contributed by atoms with Crippen molar-refractivity contribution in [2.75, 3.05) is 0 Å². The maximum Gasteiger partial charge on any atom is 0.404 e. The van der Waals surface area contributed by atoms with Crippen molar-refractivity contribution in [2.24, 2.45) is 11.3 Å². The SMILES string of the molecule is C[C@H]1C[C@@H](OC(=O)Cl)CC(C)(C)C1. The molecule has 1 aliphatic carbocycles. The molecule has 0 aromatic heterocycles. The van der Waals surface area contributed by atoms with Gasteiger partial charge in [-0.05, 0) is 30.6 Å². The van der Waals surface area contributed by atoms with Crippen molar-refractivity contribution in [3.05, 3.63) is 0 Å². The van der Waals surface area contributed by atoms with E-state index in [2.05, 4.69) is 20.8 Å². The van der Waals surface area contributed by atoms with Gasteiger partial charge in [-0.15, -0.1) is 0 Å². The summed E-state index contributed by atoms with van der Waals surface area (Å²) in [7, 11) is 0. The Labute approximate surface area is 84.6 Å². The van der Waals surface area contributed by atoms with Crippen LogP contribution in [0.1, 0.15) is 40.0 Å². The van der Waals surface area contributed by atoms with E-state index in [1.807, 2.05) is 0 Å². The molecule has 2 atom stereocenters. The first-order valence-electron chi connectivity index (χ1n) is 4.75. The monoisotopic (exact) mass is 204 g/mol. The molecule has 0 unspecified atom stereocenters. The topological polar surface area (TPSA) is 26.3 Å². The minimum Gasteiger partial charge on any atom is -0.450 e.